The maximum Gasteiger partial charge on any atom is 0.230 e. The van der Waals surface area contributed by atoms with Crippen LogP contribution in [0.2, 0.25) is 0 Å². The number of nitrogens with zero attached hydrogens (tertiary/aromatic N) is 1. The van der Waals surface area contributed by atoms with Gasteiger partial charge in [0.15, 0.2) is 0 Å². The van der Waals surface area contributed by atoms with E-state index in [2.05, 4.69) is 12.1 Å². The van der Waals surface area contributed by atoms with Crippen LogP contribution in [0.5, 0.6) is 0 Å². The smallest absolute Gasteiger partial charge is 0.230 e. The van der Waals surface area contributed by atoms with Gasteiger partial charge >= 0.3 is 0 Å². The minimum Gasteiger partial charge on any atom is -0.343 e. The van der Waals surface area contributed by atoms with Crippen molar-refractivity contribution in [2.24, 2.45) is 5.92 Å². The Balaban J connectivity index is 2.04. The molecular formula is C20H26FNO. The Hall–Kier alpha value is -1.64. The molecule has 0 aromatic heterocycles. The first kappa shape index (κ1) is 16.2. The summed E-state index contributed by atoms with van der Waals surface area (Å²) in [5, 5.41) is 0. The molecule has 1 aromatic rings. The molecular weight excluding hydrogens is 288 g/mol. The first-order valence-electron chi connectivity index (χ1n) is 8.89. The van der Waals surface area contributed by atoms with E-state index in [1.54, 1.807) is 0 Å². The summed E-state index contributed by atoms with van der Waals surface area (Å²) in [6.45, 7) is 5.28. The molecule has 0 saturated carbocycles. The Morgan fingerprint density at radius 1 is 1.26 bits per heavy atom. The van der Waals surface area contributed by atoms with E-state index in [9.17, 15) is 9.18 Å². The molecule has 23 heavy (non-hydrogen) atoms. The Morgan fingerprint density at radius 3 is 2.70 bits per heavy atom. The van der Waals surface area contributed by atoms with Gasteiger partial charge < -0.3 is 4.90 Å². The molecule has 1 amide bonds. The average molecular weight is 314 g/mol. The molecule has 3 heteroatoms. The van der Waals surface area contributed by atoms with Crippen LogP contribution in [-0.2, 0) is 4.79 Å². The van der Waals surface area contributed by atoms with Crippen LogP contribution < -0.4 is 0 Å². The number of alkyl halides is 1. The van der Waals surface area contributed by atoms with Crippen LogP contribution >= 0.6 is 0 Å². The molecule has 1 aromatic carbocycles. The summed E-state index contributed by atoms with van der Waals surface area (Å²) in [6, 6.07) is 8.31. The van der Waals surface area contributed by atoms with E-state index in [0.717, 1.165) is 32.4 Å². The number of halogens is 1. The van der Waals surface area contributed by atoms with E-state index in [0.29, 0.717) is 6.42 Å². The monoisotopic (exact) mass is 314 g/mol. The Kier molecular flexibility index (Phi) is 4.84. The second-order valence-corrected chi connectivity index (χ2v) is 6.51. The zero-order chi connectivity index (χ0) is 16.4. The van der Waals surface area contributed by atoms with E-state index in [1.807, 2.05) is 30.9 Å². The molecule has 0 radical (unpaired) electrons. The lowest BCUT2D eigenvalue weighted by Gasteiger charge is -2.30. The largest absolute Gasteiger partial charge is 0.343 e. The standard InChI is InChI=1S/C20H26FNO/c1-3-22(4-2)20(23)18-11-7-10-17-15(12-13-21)14-8-5-6-9-16(14)19(17)18/h5-6,8-9,15,18H,3-4,7,10-13H2,1-2H3/i21-1. The van der Waals surface area contributed by atoms with Crippen molar-refractivity contribution < 1.29 is 9.18 Å². The molecule has 0 saturated heterocycles. The van der Waals surface area contributed by atoms with Crippen molar-refractivity contribution in [2.45, 2.75) is 45.4 Å². The van der Waals surface area contributed by atoms with Gasteiger partial charge in [-0.25, -0.2) is 0 Å². The maximum absolute atomic E-state index is 13.1. The molecule has 0 heterocycles. The van der Waals surface area contributed by atoms with E-state index >= 15 is 0 Å². The first-order chi connectivity index (χ1) is 11.2. The van der Waals surface area contributed by atoms with Crippen molar-refractivity contribution in [3.63, 3.8) is 0 Å². The predicted molar refractivity (Wildman–Crippen MR) is 92.0 cm³/mol. The summed E-state index contributed by atoms with van der Waals surface area (Å²) in [7, 11) is 0. The van der Waals surface area contributed by atoms with E-state index in [4.69, 9.17) is 0 Å². The SMILES string of the molecule is CCN(CC)C(=O)C1CCCC2=C1c1ccccc1C2CC[18F]. The number of hydrogen-bond donors (Lipinski definition) is 0. The number of hydrogen-bond acceptors (Lipinski definition) is 1. The van der Waals surface area contributed by atoms with Gasteiger partial charge in [-0.1, -0.05) is 29.8 Å². The van der Waals surface area contributed by atoms with Gasteiger partial charge in [0, 0.05) is 19.0 Å². The zero-order valence-corrected chi connectivity index (χ0v) is 14.1. The topological polar surface area (TPSA) is 20.3 Å². The lowest BCUT2D eigenvalue weighted by molar-refractivity contribution is -0.133. The molecule has 124 valence electrons. The molecule has 0 aliphatic heterocycles. The second kappa shape index (κ2) is 6.86. The van der Waals surface area contributed by atoms with Gasteiger partial charge in [0.25, 0.3) is 0 Å². The van der Waals surface area contributed by atoms with Crippen molar-refractivity contribution in [3.8, 4) is 0 Å². The van der Waals surface area contributed by atoms with Gasteiger partial charge in [-0.15, -0.1) is 0 Å². The van der Waals surface area contributed by atoms with Crippen molar-refractivity contribution in [1.82, 2.24) is 4.90 Å². The minimum atomic E-state index is -0.301. The Bertz CT molecular complexity index is 618. The quantitative estimate of drug-likeness (QED) is 0.780. The molecule has 2 unspecified atom stereocenters. The summed E-state index contributed by atoms with van der Waals surface area (Å²) in [5.74, 6) is 0.390. The fourth-order valence-corrected chi connectivity index (χ4v) is 4.40. The highest BCUT2D eigenvalue weighted by atomic mass is 18.2. The molecule has 2 atom stereocenters. The van der Waals surface area contributed by atoms with Crippen LogP contribution in [0.3, 0.4) is 0 Å². The third-order valence-electron chi connectivity index (χ3n) is 5.45. The van der Waals surface area contributed by atoms with Crippen LogP contribution in [0.25, 0.3) is 5.57 Å². The van der Waals surface area contributed by atoms with Gasteiger partial charge in [-0.05, 0) is 56.2 Å². The van der Waals surface area contributed by atoms with Crippen LogP contribution in [-0.4, -0.2) is 30.6 Å². The van der Waals surface area contributed by atoms with Gasteiger partial charge in [0.05, 0.1) is 12.6 Å². The van der Waals surface area contributed by atoms with Crippen molar-refractivity contribution in [3.05, 3.63) is 41.0 Å². The van der Waals surface area contributed by atoms with Gasteiger partial charge in [-0.3, -0.25) is 9.18 Å². The average Bonchev–Trinajstić information content (AvgIpc) is 2.91. The highest BCUT2D eigenvalue weighted by Gasteiger charge is 2.39. The molecule has 3 rings (SSSR count). The van der Waals surface area contributed by atoms with E-state index in [1.165, 1.54) is 22.3 Å². The number of carbonyl (C=O) groups excluding carboxylic acids is 1. The Labute approximate surface area is 138 Å². The fraction of sp³-hybridized carbons (Fsp3) is 0.550. The minimum absolute atomic E-state index is 0.0376. The van der Waals surface area contributed by atoms with Gasteiger partial charge in [0.2, 0.25) is 5.91 Å². The number of fused-ring (bicyclic) bond motifs is 2. The number of rotatable bonds is 5. The molecule has 2 aliphatic carbocycles. The van der Waals surface area contributed by atoms with Crippen LogP contribution in [0, 0.1) is 5.92 Å². The van der Waals surface area contributed by atoms with Gasteiger partial charge in [-0.2, -0.15) is 0 Å². The predicted octanol–water partition coefficient (Wildman–Crippen LogP) is 4.57. The lowest BCUT2D eigenvalue weighted by Crippen LogP contribution is -2.37. The zero-order valence-electron chi connectivity index (χ0n) is 14.1. The number of amides is 1. The first-order valence-corrected chi connectivity index (χ1v) is 8.89. The number of carbonyl (C=O) groups is 1. The summed E-state index contributed by atoms with van der Waals surface area (Å²) in [4.78, 5) is 14.9. The summed E-state index contributed by atoms with van der Waals surface area (Å²) in [5.41, 5.74) is 4.99. The molecule has 0 spiro atoms. The summed E-state index contributed by atoms with van der Waals surface area (Å²) in [6.07, 6.45) is 3.51. The van der Waals surface area contributed by atoms with Gasteiger partial charge in [0.1, 0.15) is 0 Å². The number of allylic oxidation sites excluding steroid dienone is 1. The number of benzene rings is 1. The molecule has 2 nitrogen and oxygen atoms in total. The van der Waals surface area contributed by atoms with Crippen LogP contribution in [0.15, 0.2) is 29.8 Å². The molecule has 0 fully saturated rings. The molecule has 0 bridgehead atoms. The third-order valence-corrected chi connectivity index (χ3v) is 5.45. The highest BCUT2D eigenvalue weighted by Crippen LogP contribution is 2.52. The second-order valence-electron chi connectivity index (χ2n) is 6.51. The van der Waals surface area contributed by atoms with E-state index < -0.39 is 0 Å². The van der Waals surface area contributed by atoms with Crippen molar-refractivity contribution >= 4 is 11.5 Å². The highest BCUT2D eigenvalue weighted by molar-refractivity contribution is 5.96. The normalized spacial score (nSPS) is 22.7. The van der Waals surface area contributed by atoms with Crippen molar-refractivity contribution in [2.75, 3.05) is 19.8 Å². The Morgan fingerprint density at radius 2 is 2.00 bits per heavy atom. The van der Waals surface area contributed by atoms with Crippen molar-refractivity contribution in [1.29, 1.82) is 0 Å². The maximum atomic E-state index is 13.1. The van der Waals surface area contributed by atoms with Crippen LogP contribution in [0.1, 0.15) is 56.6 Å². The fourth-order valence-electron chi connectivity index (χ4n) is 4.40. The molecule has 0 N–H and O–H groups in total. The van der Waals surface area contributed by atoms with Crippen LogP contribution in [0.4, 0.5) is 4.39 Å². The summed E-state index contributed by atoms with van der Waals surface area (Å²) < 4.78 is 13.1. The molecule has 2 aliphatic rings. The van der Waals surface area contributed by atoms with E-state index in [-0.39, 0.29) is 24.4 Å². The summed E-state index contributed by atoms with van der Waals surface area (Å²) >= 11 is 0. The lowest BCUT2D eigenvalue weighted by atomic mass is 9.79. The third kappa shape index (κ3) is 2.71.